The van der Waals surface area contributed by atoms with Crippen molar-refractivity contribution < 1.29 is 10.0 Å². The first-order chi connectivity index (χ1) is 8.60. The first kappa shape index (κ1) is 15.1. The van der Waals surface area contributed by atoms with Crippen molar-refractivity contribution in [1.82, 2.24) is 4.90 Å². The van der Waals surface area contributed by atoms with Gasteiger partial charge in [-0.05, 0) is 34.5 Å². The highest BCUT2D eigenvalue weighted by atomic mass is 79.9. The Morgan fingerprint density at radius 2 is 2.17 bits per heavy atom. The van der Waals surface area contributed by atoms with Crippen LogP contribution in [0.15, 0.2) is 22.7 Å². The van der Waals surface area contributed by atoms with Gasteiger partial charge in [0.05, 0.1) is 16.0 Å². The fourth-order valence-corrected chi connectivity index (χ4v) is 2.33. The number of aliphatic hydroxyl groups is 1. The van der Waals surface area contributed by atoms with E-state index in [9.17, 15) is 10.1 Å². The zero-order valence-corrected chi connectivity index (χ0v) is 11.9. The lowest BCUT2D eigenvalue weighted by molar-refractivity contribution is -0.385. The molecule has 0 saturated carbocycles. The smallest absolute Gasteiger partial charge is 0.283 e. The molecule has 18 heavy (non-hydrogen) atoms. The average molecular weight is 317 g/mol. The van der Waals surface area contributed by atoms with Gasteiger partial charge < -0.3 is 5.11 Å². The van der Waals surface area contributed by atoms with Crippen LogP contribution in [0, 0.1) is 10.1 Å². The molecule has 100 valence electrons. The molecule has 6 heteroatoms. The zero-order valence-electron chi connectivity index (χ0n) is 10.3. The quantitative estimate of drug-likeness (QED) is 0.620. The van der Waals surface area contributed by atoms with Crippen molar-refractivity contribution >= 4 is 21.6 Å². The van der Waals surface area contributed by atoms with Crippen molar-refractivity contribution in [1.29, 1.82) is 0 Å². The van der Waals surface area contributed by atoms with Gasteiger partial charge in [0.15, 0.2) is 0 Å². The Bertz CT molecular complexity index is 406. The molecule has 0 spiro atoms. The summed E-state index contributed by atoms with van der Waals surface area (Å²) in [7, 11) is 0. The average Bonchev–Trinajstić information content (AvgIpc) is 2.32. The molecule has 0 saturated heterocycles. The van der Waals surface area contributed by atoms with E-state index in [-0.39, 0.29) is 12.3 Å². The number of nitro groups is 1. The first-order valence-corrected chi connectivity index (χ1v) is 6.64. The molecular weight excluding hydrogens is 300 g/mol. The summed E-state index contributed by atoms with van der Waals surface area (Å²) < 4.78 is 0.522. The van der Waals surface area contributed by atoms with Gasteiger partial charge in [-0.1, -0.05) is 19.1 Å². The maximum absolute atomic E-state index is 10.8. The maximum atomic E-state index is 10.8. The highest BCUT2D eigenvalue weighted by Crippen LogP contribution is 2.29. The third-order valence-corrected chi connectivity index (χ3v) is 3.52. The van der Waals surface area contributed by atoms with Crippen LogP contribution in [0.5, 0.6) is 0 Å². The van der Waals surface area contributed by atoms with E-state index in [1.165, 1.54) is 6.07 Å². The summed E-state index contributed by atoms with van der Waals surface area (Å²) >= 11 is 3.28. The Hall–Kier alpha value is -0.980. The predicted octanol–water partition coefficient (Wildman–Crippen LogP) is 2.56. The van der Waals surface area contributed by atoms with Crippen molar-refractivity contribution in [3.8, 4) is 0 Å². The van der Waals surface area contributed by atoms with Gasteiger partial charge in [0.2, 0.25) is 0 Å². The Balaban J connectivity index is 2.88. The van der Waals surface area contributed by atoms with Crippen LogP contribution in [0.2, 0.25) is 0 Å². The lowest BCUT2D eigenvalue weighted by atomic mass is 10.2. The van der Waals surface area contributed by atoms with E-state index in [0.717, 1.165) is 18.5 Å². The lowest BCUT2D eigenvalue weighted by Crippen LogP contribution is -2.27. The van der Waals surface area contributed by atoms with Gasteiger partial charge >= 0.3 is 0 Å². The molecule has 0 bridgehead atoms. The van der Waals surface area contributed by atoms with E-state index < -0.39 is 4.92 Å². The van der Waals surface area contributed by atoms with E-state index in [2.05, 4.69) is 27.8 Å². The molecule has 1 N–H and O–H groups in total. The minimum Gasteiger partial charge on any atom is -0.395 e. The topological polar surface area (TPSA) is 66.6 Å². The highest BCUT2D eigenvalue weighted by Gasteiger charge is 2.16. The van der Waals surface area contributed by atoms with Crippen molar-refractivity contribution in [3.63, 3.8) is 0 Å². The summed E-state index contributed by atoms with van der Waals surface area (Å²) in [4.78, 5) is 12.5. The largest absolute Gasteiger partial charge is 0.395 e. The van der Waals surface area contributed by atoms with E-state index in [1.54, 1.807) is 6.07 Å². The van der Waals surface area contributed by atoms with Gasteiger partial charge in [-0.2, -0.15) is 0 Å². The standard InChI is InChI=1S/C12H17BrN2O3/c1-2-6-14(7-8-16)9-10-4-3-5-11(12(10)13)15(17)18/h3-5,16H,2,6-9H2,1H3. The van der Waals surface area contributed by atoms with Gasteiger partial charge in [-0.15, -0.1) is 0 Å². The molecule has 0 unspecified atom stereocenters. The van der Waals surface area contributed by atoms with Crippen LogP contribution in [0.3, 0.4) is 0 Å². The second-order valence-electron chi connectivity index (χ2n) is 4.01. The van der Waals surface area contributed by atoms with Crippen LogP contribution in [0.1, 0.15) is 18.9 Å². The summed E-state index contributed by atoms with van der Waals surface area (Å²) in [5, 5.41) is 19.8. The molecule has 0 aromatic heterocycles. The fraction of sp³-hybridized carbons (Fsp3) is 0.500. The summed E-state index contributed by atoms with van der Waals surface area (Å²) in [6.07, 6.45) is 0.979. The molecule has 0 aliphatic rings. The van der Waals surface area contributed by atoms with E-state index in [1.807, 2.05) is 6.07 Å². The number of benzene rings is 1. The molecule has 1 rings (SSSR count). The molecule has 0 aliphatic heterocycles. The molecule has 1 aromatic rings. The molecule has 0 amide bonds. The summed E-state index contributed by atoms with van der Waals surface area (Å²) in [6, 6.07) is 5.02. The number of hydrogen-bond acceptors (Lipinski definition) is 4. The third-order valence-electron chi connectivity index (χ3n) is 2.61. The van der Waals surface area contributed by atoms with E-state index in [4.69, 9.17) is 5.11 Å². The number of hydrogen-bond donors (Lipinski definition) is 1. The van der Waals surface area contributed by atoms with Gasteiger partial charge in [0.1, 0.15) is 0 Å². The van der Waals surface area contributed by atoms with E-state index >= 15 is 0 Å². The van der Waals surface area contributed by atoms with Crippen LogP contribution in [-0.2, 0) is 6.54 Å². The van der Waals surface area contributed by atoms with Gasteiger partial charge in [-0.3, -0.25) is 15.0 Å². The number of aliphatic hydroxyl groups excluding tert-OH is 1. The maximum Gasteiger partial charge on any atom is 0.283 e. The molecule has 5 nitrogen and oxygen atoms in total. The van der Waals surface area contributed by atoms with Crippen molar-refractivity contribution in [2.24, 2.45) is 0 Å². The minimum absolute atomic E-state index is 0.0768. The zero-order chi connectivity index (χ0) is 13.5. The predicted molar refractivity (Wildman–Crippen MR) is 73.5 cm³/mol. The normalized spacial score (nSPS) is 10.9. The fourth-order valence-electron chi connectivity index (χ4n) is 1.80. The first-order valence-electron chi connectivity index (χ1n) is 5.85. The van der Waals surface area contributed by atoms with Crippen LogP contribution >= 0.6 is 15.9 Å². The molecule has 0 radical (unpaired) electrons. The van der Waals surface area contributed by atoms with Crippen LogP contribution in [0.4, 0.5) is 5.69 Å². The number of halogens is 1. The molecule has 1 aromatic carbocycles. The third kappa shape index (κ3) is 4.04. The van der Waals surface area contributed by atoms with Crippen LogP contribution in [0.25, 0.3) is 0 Å². The van der Waals surface area contributed by atoms with Crippen LogP contribution < -0.4 is 0 Å². The van der Waals surface area contributed by atoms with Crippen LogP contribution in [-0.4, -0.2) is 34.6 Å². The highest BCUT2D eigenvalue weighted by molar-refractivity contribution is 9.10. The summed E-state index contributed by atoms with van der Waals surface area (Å²) in [6.45, 7) is 4.18. The summed E-state index contributed by atoms with van der Waals surface area (Å²) in [5.41, 5.74) is 0.944. The number of nitro benzene ring substituents is 1. The molecule has 0 atom stereocenters. The van der Waals surface area contributed by atoms with E-state index in [0.29, 0.717) is 17.6 Å². The van der Waals surface area contributed by atoms with Gasteiger partial charge in [-0.25, -0.2) is 0 Å². The molecular formula is C12H17BrN2O3. The Morgan fingerprint density at radius 3 is 2.72 bits per heavy atom. The van der Waals surface area contributed by atoms with Crippen molar-refractivity contribution in [2.45, 2.75) is 19.9 Å². The second kappa shape index (κ2) is 7.45. The Morgan fingerprint density at radius 1 is 1.44 bits per heavy atom. The summed E-state index contributed by atoms with van der Waals surface area (Å²) in [5.74, 6) is 0. The number of rotatable bonds is 7. The monoisotopic (exact) mass is 316 g/mol. The SMILES string of the molecule is CCCN(CCO)Cc1cccc([N+](=O)[O-])c1Br. The van der Waals surface area contributed by atoms with Crippen molar-refractivity contribution in [2.75, 3.05) is 19.7 Å². The Kier molecular flexibility index (Phi) is 6.24. The molecule has 0 heterocycles. The van der Waals surface area contributed by atoms with Gasteiger partial charge in [0.25, 0.3) is 5.69 Å². The second-order valence-corrected chi connectivity index (χ2v) is 4.80. The number of nitrogens with zero attached hydrogens (tertiary/aromatic N) is 2. The minimum atomic E-state index is -0.399. The molecule has 0 aliphatic carbocycles. The van der Waals surface area contributed by atoms with Gasteiger partial charge in [0, 0.05) is 19.2 Å². The molecule has 0 fully saturated rings. The van der Waals surface area contributed by atoms with Crippen molar-refractivity contribution in [3.05, 3.63) is 38.3 Å². The lowest BCUT2D eigenvalue weighted by Gasteiger charge is -2.21. The Labute approximate surface area is 115 Å².